The molecule has 0 aromatic heterocycles. The van der Waals surface area contributed by atoms with Crippen LogP contribution in [0.1, 0.15) is 29.8 Å². The molecule has 0 fully saturated rings. The van der Waals surface area contributed by atoms with Crippen LogP contribution in [0.2, 0.25) is 0 Å². The van der Waals surface area contributed by atoms with Crippen LogP contribution in [0, 0.1) is 0 Å². The molecule has 0 saturated heterocycles. The Kier molecular flexibility index (Phi) is 5.18. The third-order valence-electron chi connectivity index (χ3n) is 3.50. The molecule has 23 heavy (non-hydrogen) atoms. The van der Waals surface area contributed by atoms with Gasteiger partial charge in [-0.15, -0.1) is 0 Å². The third kappa shape index (κ3) is 3.97. The van der Waals surface area contributed by atoms with Crippen molar-refractivity contribution in [3.05, 3.63) is 65.7 Å². The zero-order valence-electron chi connectivity index (χ0n) is 13.1. The molecule has 5 nitrogen and oxygen atoms in total. The molecule has 0 aliphatic rings. The van der Waals surface area contributed by atoms with Crippen molar-refractivity contribution in [1.82, 2.24) is 4.31 Å². The van der Waals surface area contributed by atoms with Crippen molar-refractivity contribution < 1.29 is 13.2 Å². The Morgan fingerprint density at radius 1 is 1.04 bits per heavy atom. The van der Waals surface area contributed by atoms with Gasteiger partial charge in [-0.3, -0.25) is 4.79 Å². The summed E-state index contributed by atoms with van der Waals surface area (Å²) in [5.41, 5.74) is 6.38. The highest BCUT2D eigenvalue weighted by Gasteiger charge is 2.27. The molecule has 0 atom stereocenters. The number of hydrogen-bond donors (Lipinski definition) is 1. The molecule has 2 aromatic rings. The molecule has 122 valence electrons. The van der Waals surface area contributed by atoms with Crippen LogP contribution in [0.5, 0.6) is 0 Å². The summed E-state index contributed by atoms with van der Waals surface area (Å²) >= 11 is 0. The van der Waals surface area contributed by atoms with Crippen LogP contribution in [0.3, 0.4) is 0 Å². The first-order valence-corrected chi connectivity index (χ1v) is 8.72. The van der Waals surface area contributed by atoms with Gasteiger partial charge >= 0.3 is 0 Å². The van der Waals surface area contributed by atoms with Gasteiger partial charge in [0.25, 0.3) is 0 Å². The summed E-state index contributed by atoms with van der Waals surface area (Å²) in [4.78, 5) is 11.3. The minimum atomic E-state index is -3.66. The van der Waals surface area contributed by atoms with E-state index in [0.717, 1.165) is 5.56 Å². The molecule has 0 aliphatic heterocycles. The number of hydrogen-bond acceptors (Lipinski definition) is 3. The largest absolute Gasteiger partial charge is 0.366 e. The number of carbonyl (C=O) groups is 1. The van der Waals surface area contributed by atoms with Gasteiger partial charge in [0.05, 0.1) is 4.90 Å². The molecule has 2 N–H and O–H groups in total. The van der Waals surface area contributed by atoms with Crippen molar-refractivity contribution in [2.75, 3.05) is 0 Å². The van der Waals surface area contributed by atoms with Gasteiger partial charge < -0.3 is 5.73 Å². The van der Waals surface area contributed by atoms with Gasteiger partial charge in [-0.05, 0) is 43.7 Å². The topological polar surface area (TPSA) is 80.5 Å². The zero-order chi connectivity index (χ0) is 17.0. The van der Waals surface area contributed by atoms with E-state index < -0.39 is 15.9 Å². The number of amides is 1. The van der Waals surface area contributed by atoms with E-state index in [2.05, 4.69) is 0 Å². The second-order valence-corrected chi connectivity index (χ2v) is 7.41. The fourth-order valence-corrected chi connectivity index (χ4v) is 3.86. The number of benzene rings is 2. The first-order valence-electron chi connectivity index (χ1n) is 7.28. The molecule has 1 amide bonds. The van der Waals surface area contributed by atoms with Crippen molar-refractivity contribution >= 4 is 15.9 Å². The maximum absolute atomic E-state index is 12.9. The van der Waals surface area contributed by atoms with E-state index in [-0.39, 0.29) is 16.5 Å². The summed E-state index contributed by atoms with van der Waals surface area (Å²) < 4.78 is 27.2. The maximum atomic E-state index is 12.9. The molecule has 0 aliphatic carbocycles. The van der Waals surface area contributed by atoms with E-state index in [1.807, 2.05) is 44.2 Å². The van der Waals surface area contributed by atoms with E-state index in [1.165, 1.54) is 28.6 Å². The molecule has 0 spiro atoms. The van der Waals surface area contributed by atoms with Gasteiger partial charge in [0, 0.05) is 18.2 Å². The van der Waals surface area contributed by atoms with Gasteiger partial charge in [0.15, 0.2) is 0 Å². The fraction of sp³-hybridized carbons (Fsp3) is 0.235. The van der Waals surface area contributed by atoms with Crippen molar-refractivity contribution in [3.63, 3.8) is 0 Å². The lowest BCUT2D eigenvalue weighted by Gasteiger charge is -2.26. The second-order valence-electron chi connectivity index (χ2n) is 5.52. The lowest BCUT2D eigenvalue weighted by molar-refractivity contribution is 0.1000. The highest BCUT2D eigenvalue weighted by atomic mass is 32.2. The average molecular weight is 332 g/mol. The monoisotopic (exact) mass is 332 g/mol. The number of nitrogens with zero attached hydrogens (tertiary/aromatic N) is 1. The van der Waals surface area contributed by atoms with Crippen LogP contribution in [0.25, 0.3) is 0 Å². The SMILES string of the molecule is CC(C)N(Cc1ccccc1)S(=O)(=O)c1ccc(C(N)=O)cc1. The van der Waals surface area contributed by atoms with Gasteiger partial charge in [0.2, 0.25) is 15.9 Å². The van der Waals surface area contributed by atoms with Crippen LogP contribution < -0.4 is 5.73 Å². The normalized spacial score (nSPS) is 11.8. The molecule has 0 unspecified atom stereocenters. The summed E-state index contributed by atoms with van der Waals surface area (Å²) in [5.74, 6) is -0.584. The lowest BCUT2D eigenvalue weighted by Crippen LogP contribution is -2.36. The molecule has 0 heterocycles. The summed E-state index contributed by atoms with van der Waals surface area (Å²) in [6, 6.07) is 14.9. The van der Waals surface area contributed by atoms with Gasteiger partial charge in [-0.2, -0.15) is 4.31 Å². The Labute approximate surface area is 136 Å². The molecule has 0 radical (unpaired) electrons. The van der Waals surface area contributed by atoms with E-state index in [1.54, 1.807) is 0 Å². The standard InChI is InChI=1S/C17H20N2O3S/c1-13(2)19(12-14-6-4-3-5-7-14)23(21,22)16-10-8-15(9-11-16)17(18)20/h3-11,13H,12H2,1-2H3,(H2,18,20). The molecule has 6 heteroatoms. The van der Waals surface area contributed by atoms with Crippen molar-refractivity contribution in [2.24, 2.45) is 5.73 Å². The van der Waals surface area contributed by atoms with Crippen LogP contribution in [0.15, 0.2) is 59.5 Å². The quantitative estimate of drug-likeness (QED) is 0.882. The smallest absolute Gasteiger partial charge is 0.248 e. The van der Waals surface area contributed by atoms with E-state index >= 15 is 0 Å². The third-order valence-corrected chi connectivity index (χ3v) is 5.54. The van der Waals surface area contributed by atoms with Gasteiger partial charge in [-0.1, -0.05) is 30.3 Å². The summed E-state index contributed by atoms with van der Waals surface area (Å²) in [6.45, 7) is 3.95. The van der Waals surface area contributed by atoms with Crippen LogP contribution >= 0.6 is 0 Å². The first-order chi connectivity index (χ1) is 10.8. The minimum absolute atomic E-state index is 0.145. The number of rotatable bonds is 6. The minimum Gasteiger partial charge on any atom is -0.366 e. The summed E-state index contributed by atoms with van der Waals surface area (Å²) in [6.07, 6.45) is 0. The van der Waals surface area contributed by atoms with Gasteiger partial charge in [0.1, 0.15) is 0 Å². The maximum Gasteiger partial charge on any atom is 0.248 e. The average Bonchev–Trinajstić information content (AvgIpc) is 2.53. The summed E-state index contributed by atoms with van der Waals surface area (Å²) in [7, 11) is -3.66. The first kappa shape index (κ1) is 17.2. The Balaban J connectivity index is 2.35. The van der Waals surface area contributed by atoms with Crippen molar-refractivity contribution in [3.8, 4) is 0 Å². The van der Waals surface area contributed by atoms with E-state index in [4.69, 9.17) is 5.73 Å². The highest BCUT2D eigenvalue weighted by molar-refractivity contribution is 7.89. The Hall–Kier alpha value is -2.18. The van der Waals surface area contributed by atoms with Crippen LogP contribution in [-0.2, 0) is 16.6 Å². The Morgan fingerprint density at radius 2 is 1.61 bits per heavy atom. The van der Waals surface area contributed by atoms with E-state index in [0.29, 0.717) is 6.54 Å². The number of nitrogens with two attached hydrogens (primary N) is 1. The highest BCUT2D eigenvalue weighted by Crippen LogP contribution is 2.21. The number of primary amides is 1. The molecular weight excluding hydrogens is 312 g/mol. The van der Waals surface area contributed by atoms with Gasteiger partial charge in [-0.25, -0.2) is 8.42 Å². The van der Waals surface area contributed by atoms with Crippen molar-refractivity contribution in [1.29, 1.82) is 0 Å². The molecule has 2 aromatic carbocycles. The van der Waals surface area contributed by atoms with Crippen molar-refractivity contribution in [2.45, 2.75) is 31.3 Å². The fourth-order valence-electron chi connectivity index (χ4n) is 2.24. The Morgan fingerprint density at radius 3 is 2.09 bits per heavy atom. The molecule has 0 bridgehead atoms. The second kappa shape index (κ2) is 6.93. The predicted molar refractivity (Wildman–Crippen MR) is 89.3 cm³/mol. The number of sulfonamides is 1. The lowest BCUT2D eigenvalue weighted by atomic mass is 10.2. The van der Waals surface area contributed by atoms with Crippen LogP contribution in [-0.4, -0.2) is 24.7 Å². The summed E-state index contributed by atoms with van der Waals surface area (Å²) in [5, 5.41) is 0. The molecule has 2 rings (SSSR count). The van der Waals surface area contributed by atoms with E-state index in [9.17, 15) is 13.2 Å². The zero-order valence-corrected chi connectivity index (χ0v) is 14.0. The Bertz CT molecular complexity index is 769. The predicted octanol–water partition coefficient (Wildman–Crippen LogP) is 2.38. The molecule has 0 saturated carbocycles. The number of carbonyl (C=O) groups excluding carboxylic acids is 1. The molecular formula is C17H20N2O3S. The van der Waals surface area contributed by atoms with Crippen LogP contribution in [0.4, 0.5) is 0 Å².